The minimum atomic E-state index is -5.16. The Bertz CT molecular complexity index is 1170. The summed E-state index contributed by atoms with van der Waals surface area (Å²) in [6.07, 6.45) is -4.58. The maximum Gasteiger partial charge on any atom is 0.491 e. The van der Waals surface area contributed by atoms with Crippen molar-refractivity contribution in [1.29, 1.82) is 0 Å². The van der Waals surface area contributed by atoms with Gasteiger partial charge in [-0.25, -0.2) is 4.79 Å². The lowest BCUT2D eigenvalue weighted by atomic mass is 10.1. The predicted molar refractivity (Wildman–Crippen MR) is 116 cm³/mol. The number of carbonyl (C=O) groups excluding carboxylic acids is 1. The predicted octanol–water partition coefficient (Wildman–Crippen LogP) is 4.57. The maximum atomic E-state index is 12.8. The first kappa shape index (κ1) is 24.0. The zero-order chi connectivity index (χ0) is 24.2. The summed E-state index contributed by atoms with van der Waals surface area (Å²) in [5, 5.41) is 2.10. The summed E-state index contributed by atoms with van der Waals surface area (Å²) in [7, 11) is 1.67. The number of carbonyl (C=O) groups is 1. The third-order valence-electron chi connectivity index (χ3n) is 4.62. The van der Waals surface area contributed by atoms with Crippen LogP contribution in [-0.2, 0) is 11.2 Å². The van der Waals surface area contributed by atoms with Crippen molar-refractivity contribution in [3.8, 4) is 22.8 Å². The van der Waals surface area contributed by atoms with Crippen LogP contribution in [0.4, 0.5) is 18.9 Å². The number of halogens is 3. The third kappa shape index (κ3) is 6.41. The largest absolute Gasteiger partial charge is 0.491 e. The lowest BCUT2D eigenvalue weighted by molar-refractivity contribution is -0.189. The Balaban J connectivity index is 1.84. The van der Waals surface area contributed by atoms with E-state index in [0.717, 1.165) is 17.4 Å². The van der Waals surface area contributed by atoms with Gasteiger partial charge in [0.1, 0.15) is 5.75 Å². The molecule has 0 unspecified atom stereocenters. The number of benzene rings is 2. The van der Waals surface area contributed by atoms with Gasteiger partial charge in [-0.2, -0.15) is 18.3 Å². The minimum absolute atomic E-state index is 0.0248. The highest BCUT2D eigenvalue weighted by atomic mass is 19.4. The van der Waals surface area contributed by atoms with Crippen molar-refractivity contribution in [2.45, 2.75) is 32.5 Å². The van der Waals surface area contributed by atoms with Gasteiger partial charge in [-0.3, -0.25) is 4.79 Å². The molecule has 0 radical (unpaired) electrons. The number of nitrogens with one attached hydrogen (secondary N) is 1. The van der Waals surface area contributed by atoms with Crippen LogP contribution in [0.3, 0.4) is 0 Å². The number of rotatable bonds is 8. The van der Waals surface area contributed by atoms with Crippen molar-refractivity contribution in [2.24, 2.45) is 0 Å². The average molecular weight is 464 g/mol. The number of likely N-dealkylation sites (N-methyl/N-ethyl adjacent to an activating group) is 1. The van der Waals surface area contributed by atoms with Crippen molar-refractivity contribution in [2.75, 3.05) is 18.5 Å². The SMILES string of the molecule is CC(C)Oc1cccc(CCN(C)c2ccc(-c3cc(=O)[nH]o3)cc2OC(=O)C(F)(F)F)c1. The Morgan fingerprint density at radius 3 is 2.55 bits per heavy atom. The molecule has 0 spiro atoms. The average Bonchev–Trinajstić information content (AvgIpc) is 3.17. The van der Waals surface area contributed by atoms with Gasteiger partial charge in [0.25, 0.3) is 5.56 Å². The van der Waals surface area contributed by atoms with E-state index in [1.165, 1.54) is 12.1 Å². The molecule has 1 heterocycles. The maximum absolute atomic E-state index is 12.8. The lowest BCUT2D eigenvalue weighted by Gasteiger charge is -2.23. The fourth-order valence-electron chi connectivity index (χ4n) is 3.11. The summed E-state index contributed by atoms with van der Waals surface area (Å²) in [5.41, 5.74) is 1.00. The highest BCUT2D eigenvalue weighted by Crippen LogP contribution is 2.34. The van der Waals surface area contributed by atoms with E-state index in [-0.39, 0.29) is 28.9 Å². The van der Waals surface area contributed by atoms with E-state index in [9.17, 15) is 22.8 Å². The highest BCUT2D eigenvalue weighted by molar-refractivity contribution is 5.81. The molecule has 0 saturated carbocycles. The molecule has 0 atom stereocenters. The minimum Gasteiger partial charge on any atom is -0.491 e. The number of aromatic nitrogens is 1. The van der Waals surface area contributed by atoms with Gasteiger partial charge in [0.15, 0.2) is 11.5 Å². The molecule has 176 valence electrons. The van der Waals surface area contributed by atoms with Crippen LogP contribution in [0, 0.1) is 0 Å². The third-order valence-corrected chi connectivity index (χ3v) is 4.62. The van der Waals surface area contributed by atoms with Crippen molar-refractivity contribution < 1.29 is 32.0 Å². The molecule has 3 rings (SSSR count). The molecule has 0 amide bonds. The standard InChI is InChI=1S/C23H23F3N2O5/c1-14(2)31-17-6-4-5-15(11-17)9-10-28(3)18-8-7-16(19-13-21(29)27-33-19)12-20(18)32-22(30)23(24,25)26/h4-8,11-14H,9-10H2,1-3H3,(H,27,29). The van der Waals surface area contributed by atoms with Crippen LogP contribution < -0.4 is 19.9 Å². The van der Waals surface area contributed by atoms with E-state index in [4.69, 9.17) is 9.26 Å². The van der Waals surface area contributed by atoms with Crippen LogP contribution in [-0.4, -0.2) is 37.0 Å². The Labute approximate surface area is 187 Å². The Morgan fingerprint density at radius 1 is 1.15 bits per heavy atom. The first-order valence-corrected chi connectivity index (χ1v) is 10.1. The van der Waals surface area contributed by atoms with Crippen LogP contribution >= 0.6 is 0 Å². The number of esters is 1. The monoisotopic (exact) mass is 464 g/mol. The van der Waals surface area contributed by atoms with Crippen molar-refractivity contribution in [3.05, 3.63) is 64.4 Å². The lowest BCUT2D eigenvalue weighted by Crippen LogP contribution is -2.29. The zero-order valence-electron chi connectivity index (χ0n) is 18.2. The smallest absolute Gasteiger partial charge is 0.491 e. The molecule has 1 aromatic heterocycles. The normalized spacial score (nSPS) is 11.5. The number of aromatic amines is 1. The number of nitrogens with zero attached hydrogens (tertiary/aromatic N) is 1. The molecule has 7 nitrogen and oxygen atoms in total. The van der Waals surface area contributed by atoms with E-state index in [1.54, 1.807) is 18.0 Å². The molecule has 33 heavy (non-hydrogen) atoms. The second-order valence-electron chi connectivity index (χ2n) is 7.63. The van der Waals surface area contributed by atoms with E-state index >= 15 is 0 Å². The topological polar surface area (TPSA) is 84.8 Å². The highest BCUT2D eigenvalue weighted by Gasteiger charge is 2.42. The van der Waals surface area contributed by atoms with Gasteiger partial charge >= 0.3 is 12.1 Å². The Hall–Kier alpha value is -3.69. The van der Waals surface area contributed by atoms with Crippen LogP contribution in [0.1, 0.15) is 19.4 Å². The van der Waals surface area contributed by atoms with E-state index in [2.05, 4.69) is 9.89 Å². The van der Waals surface area contributed by atoms with Gasteiger partial charge in [-0.05, 0) is 56.2 Å². The number of hydrogen-bond donors (Lipinski definition) is 1. The molecule has 0 bridgehead atoms. The molecule has 10 heteroatoms. The number of anilines is 1. The molecule has 0 aliphatic heterocycles. The molecule has 0 fully saturated rings. The van der Waals surface area contributed by atoms with Gasteiger partial charge in [0, 0.05) is 19.2 Å². The molecule has 0 aliphatic rings. The van der Waals surface area contributed by atoms with E-state index in [0.29, 0.717) is 13.0 Å². The quantitative estimate of drug-likeness (QED) is 0.388. The van der Waals surface area contributed by atoms with Crippen molar-refractivity contribution in [1.82, 2.24) is 5.16 Å². The van der Waals surface area contributed by atoms with Crippen LogP contribution in [0.5, 0.6) is 11.5 Å². The summed E-state index contributed by atoms with van der Waals surface area (Å²) >= 11 is 0. The molecular weight excluding hydrogens is 441 g/mol. The van der Waals surface area contributed by atoms with Crippen molar-refractivity contribution >= 4 is 11.7 Å². The number of alkyl halides is 3. The van der Waals surface area contributed by atoms with Crippen LogP contribution in [0.2, 0.25) is 0 Å². The summed E-state index contributed by atoms with van der Waals surface area (Å²) < 4.78 is 53.8. The zero-order valence-corrected chi connectivity index (χ0v) is 18.2. The summed E-state index contributed by atoms with van der Waals surface area (Å²) in [5.74, 6) is -1.83. The summed E-state index contributed by atoms with van der Waals surface area (Å²) in [6, 6.07) is 12.9. The van der Waals surface area contributed by atoms with Gasteiger partial charge < -0.3 is 18.9 Å². The van der Waals surface area contributed by atoms with Gasteiger partial charge in [0.2, 0.25) is 0 Å². The summed E-state index contributed by atoms with van der Waals surface area (Å²) in [6.45, 7) is 4.26. The van der Waals surface area contributed by atoms with Crippen molar-refractivity contribution in [3.63, 3.8) is 0 Å². The van der Waals surface area contributed by atoms with Gasteiger partial charge in [0.05, 0.1) is 17.9 Å². The van der Waals surface area contributed by atoms with E-state index in [1.807, 2.05) is 38.1 Å². The second kappa shape index (κ2) is 9.85. The summed E-state index contributed by atoms with van der Waals surface area (Å²) in [4.78, 5) is 24.5. The molecule has 0 saturated heterocycles. The fraction of sp³-hybridized carbons (Fsp3) is 0.304. The fourth-order valence-corrected chi connectivity index (χ4v) is 3.11. The molecular formula is C23H23F3N2O5. The number of H-pyrrole nitrogens is 1. The van der Waals surface area contributed by atoms with Crippen LogP contribution in [0.15, 0.2) is 57.8 Å². The molecule has 1 N–H and O–H groups in total. The number of hydrogen-bond acceptors (Lipinski definition) is 6. The van der Waals surface area contributed by atoms with Gasteiger partial charge in [-0.1, -0.05) is 12.1 Å². The second-order valence-corrected chi connectivity index (χ2v) is 7.63. The Morgan fingerprint density at radius 2 is 1.91 bits per heavy atom. The molecule has 2 aromatic carbocycles. The molecule has 0 aliphatic carbocycles. The first-order chi connectivity index (χ1) is 15.5. The Kier molecular flexibility index (Phi) is 7.15. The first-order valence-electron chi connectivity index (χ1n) is 10.1. The molecule has 3 aromatic rings. The van der Waals surface area contributed by atoms with Crippen LogP contribution in [0.25, 0.3) is 11.3 Å². The van der Waals surface area contributed by atoms with E-state index < -0.39 is 17.7 Å². The number of ether oxygens (including phenoxy) is 2. The van der Waals surface area contributed by atoms with Gasteiger partial charge in [-0.15, -0.1) is 0 Å².